The Morgan fingerprint density at radius 1 is 0.793 bits per heavy atom. The van der Waals surface area contributed by atoms with Gasteiger partial charge in [0.15, 0.2) is 0 Å². The fourth-order valence-corrected chi connectivity index (χ4v) is 2.65. The highest BCUT2D eigenvalue weighted by atomic mass is 19.1. The van der Waals surface area contributed by atoms with Crippen LogP contribution in [0.2, 0.25) is 0 Å². The fourth-order valence-electron chi connectivity index (χ4n) is 2.65. The van der Waals surface area contributed by atoms with Crippen LogP contribution in [-0.4, -0.2) is 18.4 Å². The summed E-state index contributed by atoms with van der Waals surface area (Å²) < 4.78 is 13.1. The molecule has 2 amide bonds. The molecule has 6 heteroatoms. The fraction of sp³-hybridized carbons (Fsp3) is 0.0435. The minimum atomic E-state index is -0.532. The number of amides is 2. The molecule has 3 aromatic carbocycles. The highest BCUT2D eigenvalue weighted by Gasteiger charge is 2.09. The summed E-state index contributed by atoms with van der Waals surface area (Å²) >= 11 is 0. The Kier molecular flexibility index (Phi) is 6.37. The van der Waals surface area contributed by atoms with Crippen molar-refractivity contribution in [2.45, 2.75) is 0 Å². The second kappa shape index (κ2) is 9.32. The number of carbonyl (C=O) groups is 2. The number of hydrazine groups is 1. The minimum absolute atomic E-state index is 0.147. The molecule has 0 radical (unpaired) electrons. The molecule has 0 fully saturated rings. The Balaban J connectivity index is 1.47. The summed E-state index contributed by atoms with van der Waals surface area (Å²) in [5.74, 6) is -1.51. The molecule has 0 spiro atoms. The zero-order valence-corrected chi connectivity index (χ0v) is 15.6. The first-order valence-corrected chi connectivity index (χ1v) is 8.96. The Hall–Kier alpha value is -3.93. The van der Waals surface area contributed by atoms with Crippen LogP contribution in [0.4, 0.5) is 4.39 Å². The molecule has 0 unspecified atom stereocenters. The normalized spacial score (nSPS) is 10.1. The van der Waals surface area contributed by atoms with Gasteiger partial charge >= 0.3 is 0 Å². The van der Waals surface area contributed by atoms with Gasteiger partial charge in [0, 0.05) is 5.56 Å². The standard InChI is InChI=1S/C23H20FN3O2/c1-16(17-10-12-19(13-11-17)18-6-3-2-4-7-18)26-27-22(28)15-25-23(29)20-8-5-9-21(24)14-20/h2-14,26H,1,15H2,(H,25,29)(H,27,28). The summed E-state index contributed by atoms with van der Waals surface area (Å²) in [6, 6.07) is 23.0. The molecule has 3 rings (SSSR count). The smallest absolute Gasteiger partial charge is 0.257 e. The second-order valence-corrected chi connectivity index (χ2v) is 6.29. The van der Waals surface area contributed by atoms with Gasteiger partial charge < -0.3 is 5.32 Å². The molecule has 0 aromatic heterocycles. The number of benzene rings is 3. The number of halogens is 1. The van der Waals surface area contributed by atoms with E-state index in [0.29, 0.717) is 5.70 Å². The molecular formula is C23H20FN3O2. The van der Waals surface area contributed by atoms with Crippen molar-refractivity contribution in [2.24, 2.45) is 0 Å². The monoisotopic (exact) mass is 389 g/mol. The molecule has 0 heterocycles. The van der Waals surface area contributed by atoms with Crippen LogP contribution < -0.4 is 16.2 Å². The summed E-state index contributed by atoms with van der Waals surface area (Å²) in [6.07, 6.45) is 0. The first-order chi connectivity index (χ1) is 14.0. The van der Waals surface area contributed by atoms with Gasteiger partial charge in [-0.25, -0.2) is 4.39 Å². The van der Waals surface area contributed by atoms with E-state index in [4.69, 9.17) is 0 Å². The van der Waals surface area contributed by atoms with E-state index in [2.05, 4.69) is 22.7 Å². The van der Waals surface area contributed by atoms with E-state index in [0.717, 1.165) is 22.8 Å². The van der Waals surface area contributed by atoms with Gasteiger partial charge in [0.05, 0.1) is 12.2 Å². The lowest BCUT2D eigenvalue weighted by Gasteiger charge is -2.12. The van der Waals surface area contributed by atoms with E-state index < -0.39 is 17.6 Å². The van der Waals surface area contributed by atoms with E-state index in [1.54, 1.807) is 0 Å². The first-order valence-electron chi connectivity index (χ1n) is 8.96. The van der Waals surface area contributed by atoms with Crippen molar-refractivity contribution < 1.29 is 14.0 Å². The summed E-state index contributed by atoms with van der Waals surface area (Å²) in [6.45, 7) is 3.64. The lowest BCUT2D eigenvalue weighted by atomic mass is 10.0. The number of nitrogens with one attached hydrogen (secondary N) is 3. The molecule has 0 bridgehead atoms. The Bertz CT molecular complexity index is 1020. The van der Waals surface area contributed by atoms with Crippen molar-refractivity contribution in [1.82, 2.24) is 16.2 Å². The summed E-state index contributed by atoms with van der Waals surface area (Å²) in [7, 11) is 0. The van der Waals surface area contributed by atoms with Crippen molar-refractivity contribution in [3.63, 3.8) is 0 Å². The van der Waals surface area contributed by atoms with Crippen LogP contribution in [0.5, 0.6) is 0 Å². The topological polar surface area (TPSA) is 70.2 Å². The summed E-state index contributed by atoms with van der Waals surface area (Å²) in [5, 5.41) is 2.43. The number of rotatable bonds is 7. The maximum absolute atomic E-state index is 13.1. The van der Waals surface area contributed by atoms with Crippen molar-refractivity contribution in [3.8, 4) is 11.1 Å². The minimum Gasteiger partial charge on any atom is -0.343 e. The van der Waals surface area contributed by atoms with Gasteiger partial charge in [0.25, 0.3) is 11.8 Å². The van der Waals surface area contributed by atoms with Crippen LogP contribution in [0.25, 0.3) is 16.8 Å². The Morgan fingerprint density at radius 2 is 1.48 bits per heavy atom. The van der Waals surface area contributed by atoms with E-state index in [-0.39, 0.29) is 12.1 Å². The molecule has 3 aromatic rings. The van der Waals surface area contributed by atoms with Crippen LogP contribution in [0.15, 0.2) is 85.4 Å². The maximum Gasteiger partial charge on any atom is 0.257 e. The average Bonchev–Trinajstić information content (AvgIpc) is 2.76. The second-order valence-electron chi connectivity index (χ2n) is 6.29. The van der Waals surface area contributed by atoms with Crippen LogP contribution in [0, 0.1) is 5.82 Å². The van der Waals surface area contributed by atoms with Crippen LogP contribution in [-0.2, 0) is 4.79 Å². The van der Waals surface area contributed by atoms with Crippen molar-refractivity contribution in [3.05, 3.63) is 102 Å². The molecule has 0 aliphatic heterocycles. The molecule has 29 heavy (non-hydrogen) atoms. The SMILES string of the molecule is C=C(NNC(=O)CNC(=O)c1cccc(F)c1)c1ccc(-c2ccccc2)cc1. The molecule has 0 atom stereocenters. The largest absolute Gasteiger partial charge is 0.343 e. The van der Waals surface area contributed by atoms with E-state index in [1.165, 1.54) is 18.2 Å². The lowest BCUT2D eigenvalue weighted by molar-refractivity contribution is -0.120. The van der Waals surface area contributed by atoms with Gasteiger partial charge in [-0.2, -0.15) is 0 Å². The predicted octanol–water partition coefficient (Wildman–Crippen LogP) is 3.51. The molecule has 0 saturated carbocycles. The van der Waals surface area contributed by atoms with E-state index in [9.17, 15) is 14.0 Å². The quantitative estimate of drug-likeness (QED) is 0.542. The Labute approximate surface area is 168 Å². The molecule has 3 N–H and O–H groups in total. The zero-order valence-electron chi connectivity index (χ0n) is 15.6. The molecule has 0 aliphatic carbocycles. The molecule has 0 saturated heterocycles. The number of hydrogen-bond donors (Lipinski definition) is 3. The Morgan fingerprint density at radius 3 is 2.17 bits per heavy atom. The van der Waals surface area contributed by atoms with Crippen molar-refractivity contribution in [2.75, 3.05) is 6.54 Å². The third kappa shape index (κ3) is 5.52. The summed E-state index contributed by atoms with van der Waals surface area (Å²) in [5.41, 5.74) is 8.85. The van der Waals surface area contributed by atoms with Gasteiger partial charge in [-0.1, -0.05) is 67.2 Å². The first kappa shape index (κ1) is 19.8. The van der Waals surface area contributed by atoms with Crippen LogP contribution in [0.1, 0.15) is 15.9 Å². The number of carbonyl (C=O) groups excluding carboxylic acids is 2. The van der Waals surface area contributed by atoms with Gasteiger partial charge in [0.2, 0.25) is 0 Å². The van der Waals surface area contributed by atoms with E-state index in [1.807, 2.05) is 54.6 Å². The molecular weight excluding hydrogens is 369 g/mol. The van der Waals surface area contributed by atoms with Crippen molar-refractivity contribution in [1.29, 1.82) is 0 Å². The third-order valence-electron chi connectivity index (χ3n) is 4.19. The third-order valence-corrected chi connectivity index (χ3v) is 4.19. The maximum atomic E-state index is 13.1. The van der Waals surface area contributed by atoms with Crippen LogP contribution >= 0.6 is 0 Å². The van der Waals surface area contributed by atoms with Gasteiger partial charge in [-0.3, -0.25) is 20.4 Å². The highest BCUT2D eigenvalue weighted by molar-refractivity contribution is 5.96. The molecule has 0 aliphatic rings. The predicted molar refractivity (Wildman–Crippen MR) is 111 cm³/mol. The molecule has 146 valence electrons. The van der Waals surface area contributed by atoms with Crippen LogP contribution in [0.3, 0.4) is 0 Å². The zero-order chi connectivity index (χ0) is 20.6. The van der Waals surface area contributed by atoms with E-state index >= 15 is 0 Å². The lowest BCUT2D eigenvalue weighted by Crippen LogP contribution is -2.42. The summed E-state index contributed by atoms with van der Waals surface area (Å²) in [4.78, 5) is 23.8. The van der Waals surface area contributed by atoms with Crippen molar-refractivity contribution >= 4 is 17.5 Å². The van der Waals surface area contributed by atoms with Gasteiger partial charge in [-0.15, -0.1) is 0 Å². The average molecular weight is 389 g/mol. The highest BCUT2D eigenvalue weighted by Crippen LogP contribution is 2.20. The molecule has 5 nitrogen and oxygen atoms in total. The van der Waals surface area contributed by atoms with Gasteiger partial charge in [-0.05, 0) is 34.9 Å². The van der Waals surface area contributed by atoms with Gasteiger partial charge in [0.1, 0.15) is 5.82 Å². The number of hydrogen-bond acceptors (Lipinski definition) is 3.